The van der Waals surface area contributed by atoms with E-state index in [0.717, 1.165) is 11.3 Å². The van der Waals surface area contributed by atoms with Gasteiger partial charge >= 0.3 is 5.97 Å². The third-order valence-electron chi connectivity index (χ3n) is 2.60. The van der Waals surface area contributed by atoms with Crippen molar-refractivity contribution < 1.29 is 14.6 Å². The molecule has 0 spiro atoms. The maximum Gasteiger partial charge on any atom is 0.326 e. The maximum absolute atomic E-state index is 10.8. The number of ether oxygens (including phenoxy) is 1. The van der Waals surface area contributed by atoms with Crippen molar-refractivity contribution in [2.24, 2.45) is 5.73 Å². The van der Waals surface area contributed by atoms with Crippen LogP contribution in [-0.2, 0) is 16.1 Å². The van der Waals surface area contributed by atoms with E-state index in [9.17, 15) is 4.79 Å². The Morgan fingerprint density at radius 3 is 3.10 bits per heavy atom. The highest BCUT2D eigenvalue weighted by Crippen LogP contribution is 2.24. The second kappa shape index (κ2) is 6.47. The molecular weight excluding hydrogens is 278 g/mol. The molecule has 0 amide bonds. The first-order valence-corrected chi connectivity index (χ1v) is 6.77. The van der Waals surface area contributed by atoms with Crippen LogP contribution in [0.4, 0.5) is 10.8 Å². The minimum atomic E-state index is -1.10. The summed E-state index contributed by atoms with van der Waals surface area (Å²) >= 11 is 1.31. The summed E-state index contributed by atoms with van der Waals surface area (Å²) in [7, 11) is 1.64. The van der Waals surface area contributed by atoms with Gasteiger partial charge in [0.2, 0.25) is 0 Å². The predicted octanol–water partition coefficient (Wildman–Crippen LogP) is 2.12. The molecule has 0 radical (unpaired) electrons. The van der Waals surface area contributed by atoms with E-state index in [1.165, 1.54) is 11.3 Å². The summed E-state index contributed by atoms with van der Waals surface area (Å²) in [4.78, 5) is 15.0. The van der Waals surface area contributed by atoms with E-state index < -0.39 is 12.0 Å². The number of carboxylic acid groups (broad SMARTS) is 1. The van der Waals surface area contributed by atoms with Crippen molar-refractivity contribution in [3.8, 4) is 0 Å². The summed E-state index contributed by atoms with van der Waals surface area (Å²) in [6.45, 7) is 0.530. The van der Waals surface area contributed by atoms with Crippen LogP contribution in [0.15, 0.2) is 29.6 Å². The zero-order valence-corrected chi connectivity index (χ0v) is 11.7. The highest BCUT2D eigenvalue weighted by atomic mass is 32.1. The Hall–Kier alpha value is -1.96. The molecule has 2 aromatic rings. The van der Waals surface area contributed by atoms with Gasteiger partial charge in [-0.25, -0.2) is 4.98 Å². The summed E-state index contributed by atoms with van der Waals surface area (Å²) in [5.41, 5.74) is 7.76. The van der Waals surface area contributed by atoms with Crippen LogP contribution in [-0.4, -0.2) is 23.2 Å². The first-order valence-electron chi connectivity index (χ1n) is 5.89. The number of aromatic nitrogens is 1. The number of carbonyl (C=O) groups is 1. The zero-order valence-electron chi connectivity index (χ0n) is 10.9. The molecule has 7 heteroatoms. The zero-order chi connectivity index (χ0) is 14.5. The van der Waals surface area contributed by atoms with Gasteiger partial charge in [0.15, 0.2) is 5.13 Å². The number of rotatable bonds is 6. The van der Waals surface area contributed by atoms with Crippen LogP contribution in [0.25, 0.3) is 0 Å². The molecule has 0 aliphatic rings. The van der Waals surface area contributed by atoms with Crippen LogP contribution in [0.3, 0.4) is 0 Å². The van der Waals surface area contributed by atoms with E-state index in [1.54, 1.807) is 12.5 Å². The first-order chi connectivity index (χ1) is 9.60. The smallest absolute Gasteiger partial charge is 0.326 e. The highest BCUT2D eigenvalue weighted by molar-refractivity contribution is 7.13. The molecule has 0 fully saturated rings. The number of methoxy groups -OCH3 is 1. The fraction of sp³-hybridized carbons (Fsp3) is 0.231. The minimum absolute atomic E-state index is 0.345. The van der Waals surface area contributed by atoms with Crippen molar-refractivity contribution in [2.75, 3.05) is 12.4 Å². The fourth-order valence-corrected chi connectivity index (χ4v) is 2.41. The van der Waals surface area contributed by atoms with E-state index in [4.69, 9.17) is 15.6 Å². The van der Waals surface area contributed by atoms with Gasteiger partial charge in [-0.1, -0.05) is 12.1 Å². The van der Waals surface area contributed by atoms with Crippen LogP contribution < -0.4 is 11.1 Å². The summed E-state index contributed by atoms with van der Waals surface area (Å²) in [5.74, 6) is -1.09. The number of nitrogens with one attached hydrogen (secondary N) is 1. The van der Waals surface area contributed by atoms with E-state index >= 15 is 0 Å². The number of hydrogen-bond donors (Lipinski definition) is 3. The molecule has 1 unspecified atom stereocenters. The quantitative estimate of drug-likeness (QED) is 0.754. The summed E-state index contributed by atoms with van der Waals surface area (Å²) in [5, 5.41) is 14.2. The van der Waals surface area contributed by atoms with E-state index in [2.05, 4.69) is 10.3 Å². The van der Waals surface area contributed by atoms with Crippen LogP contribution in [0.5, 0.6) is 0 Å². The Bertz CT molecular complexity index is 600. The minimum Gasteiger partial charge on any atom is -0.480 e. The van der Waals surface area contributed by atoms with Gasteiger partial charge in [0.05, 0.1) is 12.3 Å². The lowest BCUT2D eigenvalue weighted by Gasteiger charge is -2.05. The van der Waals surface area contributed by atoms with E-state index in [1.807, 2.05) is 24.3 Å². The number of hydrogen-bond acceptors (Lipinski definition) is 6. The van der Waals surface area contributed by atoms with Gasteiger partial charge in [-0.15, -0.1) is 11.3 Å². The van der Waals surface area contributed by atoms with Crippen molar-refractivity contribution in [2.45, 2.75) is 12.6 Å². The summed E-state index contributed by atoms with van der Waals surface area (Å²) < 4.78 is 5.07. The van der Waals surface area contributed by atoms with Crippen molar-refractivity contribution in [1.29, 1.82) is 0 Å². The summed E-state index contributed by atoms with van der Waals surface area (Å²) in [6, 6.07) is 6.62. The molecule has 4 N–H and O–H groups in total. The Morgan fingerprint density at radius 2 is 2.40 bits per heavy atom. The maximum atomic E-state index is 10.8. The van der Waals surface area contributed by atoms with E-state index in [-0.39, 0.29) is 0 Å². The lowest BCUT2D eigenvalue weighted by molar-refractivity contribution is -0.138. The highest BCUT2D eigenvalue weighted by Gasteiger charge is 2.17. The Balaban J connectivity index is 2.10. The molecule has 2 rings (SSSR count). The lowest BCUT2D eigenvalue weighted by Crippen LogP contribution is -2.20. The Labute approximate surface area is 120 Å². The van der Waals surface area contributed by atoms with Gasteiger partial charge in [0.25, 0.3) is 0 Å². The average molecular weight is 293 g/mol. The number of nitrogens with zero attached hydrogens (tertiary/aromatic N) is 1. The molecule has 0 aliphatic carbocycles. The third kappa shape index (κ3) is 3.53. The van der Waals surface area contributed by atoms with Crippen molar-refractivity contribution in [1.82, 2.24) is 4.98 Å². The molecule has 0 saturated carbocycles. The van der Waals surface area contributed by atoms with Crippen molar-refractivity contribution in [3.63, 3.8) is 0 Å². The number of carboxylic acids is 1. The average Bonchev–Trinajstić information content (AvgIpc) is 2.87. The summed E-state index contributed by atoms with van der Waals surface area (Å²) in [6.07, 6.45) is 0. The fourth-order valence-electron chi connectivity index (χ4n) is 1.64. The van der Waals surface area contributed by atoms with E-state index in [0.29, 0.717) is 17.4 Å². The Kier molecular flexibility index (Phi) is 4.67. The molecule has 6 nitrogen and oxygen atoms in total. The van der Waals surface area contributed by atoms with Gasteiger partial charge < -0.3 is 20.9 Å². The van der Waals surface area contributed by atoms with Gasteiger partial charge in [-0.2, -0.15) is 0 Å². The second-order valence-electron chi connectivity index (χ2n) is 4.15. The molecule has 106 valence electrons. The molecule has 0 saturated heterocycles. The molecule has 1 aromatic carbocycles. The van der Waals surface area contributed by atoms with Crippen LogP contribution >= 0.6 is 11.3 Å². The topological polar surface area (TPSA) is 97.5 Å². The largest absolute Gasteiger partial charge is 0.480 e. The SMILES string of the molecule is COCc1cccc(Nc2nc(C(N)C(=O)O)cs2)c1. The first kappa shape index (κ1) is 14.4. The molecule has 0 aliphatic heterocycles. The second-order valence-corrected chi connectivity index (χ2v) is 5.01. The molecule has 1 heterocycles. The van der Waals surface area contributed by atoms with Crippen molar-refractivity contribution in [3.05, 3.63) is 40.9 Å². The van der Waals surface area contributed by atoms with Crippen LogP contribution in [0.1, 0.15) is 17.3 Å². The number of aliphatic carboxylic acids is 1. The van der Waals surface area contributed by atoms with Gasteiger partial charge in [0.1, 0.15) is 6.04 Å². The molecule has 0 bridgehead atoms. The number of benzene rings is 1. The molecule has 20 heavy (non-hydrogen) atoms. The van der Waals surface area contributed by atoms with Gasteiger partial charge in [-0.05, 0) is 17.7 Å². The third-order valence-corrected chi connectivity index (χ3v) is 3.37. The predicted molar refractivity (Wildman–Crippen MR) is 77.1 cm³/mol. The number of anilines is 2. The van der Waals surface area contributed by atoms with Crippen LogP contribution in [0.2, 0.25) is 0 Å². The monoisotopic (exact) mass is 293 g/mol. The van der Waals surface area contributed by atoms with Gasteiger partial charge in [0, 0.05) is 18.2 Å². The lowest BCUT2D eigenvalue weighted by atomic mass is 10.2. The Morgan fingerprint density at radius 1 is 1.60 bits per heavy atom. The molecule has 1 atom stereocenters. The standard InChI is InChI=1S/C13H15N3O3S/c1-19-6-8-3-2-4-9(5-8)15-13-16-10(7-20-13)11(14)12(17)18/h2-5,7,11H,6,14H2,1H3,(H,15,16)(H,17,18). The van der Waals surface area contributed by atoms with Crippen molar-refractivity contribution >= 4 is 28.1 Å². The number of thiazole rings is 1. The normalized spacial score (nSPS) is 12.1. The molecular formula is C13H15N3O3S. The number of nitrogens with two attached hydrogens (primary N) is 1. The van der Waals surface area contributed by atoms with Crippen LogP contribution in [0, 0.1) is 0 Å². The molecule has 1 aromatic heterocycles. The van der Waals surface area contributed by atoms with Gasteiger partial charge in [-0.3, -0.25) is 4.79 Å².